The van der Waals surface area contributed by atoms with E-state index in [1.54, 1.807) is 0 Å². The third kappa shape index (κ3) is 2.53. The van der Waals surface area contributed by atoms with Crippen LogP contribution < -0.4 is 0 Å². The molecule has 2 heteroatoms. The highest BCUT2D eigenvalue weighted by atomic mass is 16.1. The van der Waals surface area contributed by atoms with E-state index < -0.39 is 0 Å². The molecule has 2 atom stereocenters. The number of benzene rings is 1. The molecule has 1 aromatic carbocycles. The lowest BCUT2D eigenvalue weighted by atomic mass is 10.0. The molecule has 0 spiro atoms. The number of rotatable bonds is 4. The first-order valence-corrected chi connectivity index (χ1v) is 7.03. The molecule has 0 radical (unpaired) electrons. The molecule has 0 amide bonds. The van der Waals surface area contributed by atoms with E-state index in [1.807, 2.05) is 26.0 Å². The van der Waals surface area contributed by atoms with Crippen LogP contribution in [-0.4, -0.2) is 10.8 Å². The van der Waals surface area contributed by atoms with Crippen molar-refractivity contribution >= 4 is 16.7 Å². The molecule has 0 aliphatic heterocycles. The molecule has 0 saturated heterocycles. The Labute approximate surface area is 113 Å². The fourth-order valence-corrected chi connectivity index (χ4v) is 2.62. The number of aromatic nitrogens is 1. The van der Waals surface area contributed by atoms with E-state index in [2.05, 4.69) is 24.3 Å². The van der Waals surface area contributed by atoms with Crippen molar-refractivity contribution in [1.29, 1.82) is 0 Å². The molecule has 1 aliphatic rings. The van der Waals surface area contributed by atoms with Gasteiger partial charge in [-0.3, -0.25) is 9.78 Å². The molecule has 3 rings (SSSR count). The monoisotopic (exact) mass is 253 g/mol. The van der Waals surface area contributed by atoms with Crippen LogP contribution in [0.25, 0.3) is 10.9 Å². The number of nitrogens with zero attached hydrogens (tertiary/aromatic N) is 1. The second kappa shape index (κ2) is 4.76. The molecule has 19 heavy (non-hydrogen) atoms. The van der Waals surface area contributed by atoms with Crippen molar-refractivity contribution in [3.63, 3.8) is 0 Å². The molecule has 1 aliphatic carbocycles. The van der Waals surface area contributed by atoms with Crippen LogP contribution in [-0.2, 0) is 4.79 Å². The zero-order valence-corrected chi connectivity index (χ0v) is 11.5. The zero-order valence-electron chi connectivity index (χ0n) is 11.5. The fraction of sp³-hybridized carbons (Fsp3) is 0.412. The first kappa shape index (κ1) is 12.3. The summed E-state index contributed by atoms with van der Waals surface area (Å²) in [7, 11) is 0. The van der Waals surface area contributed by atoms with Crippen LogP contribution in [0.2, 0.25) is 0 Å². The van der Waals surface area contributed by atoms with E-state index >= 15 is 0 Å². The number of ketones is 1. The molecule has 1 heterocycles. The van der Waals surface area contributed by atoms with Gasteiger partial charge in [-0.2, -0.15) is 0 Å². The lowest BCUT2D eigenvalue weighted by molar-refractivity contribution is -0.122. The van der Waals surface area contributed by atoms with E-state index in [1.165, 1.54) is 5.39 Å². The molecule has 1 saturated carbocycles. The molecule has 98 valence electrons. The molecule has 1 aromatic heterocycles. The molecule has 2 unspecified atom stereocenters. The largest absolute Gasteiger partial charge is 0.299 e. The van der Waals surface area contributed by atoms with Crippen LogP contribution in [0, 0.1) is 11.8 Å². The number of carbonyl (C=O) groups excluding carboxylic acids is 1. The number of pyridine rings is 1. The predicted molar refractivity (Wildman–Crippen MR) is 77.1 cm³/mol. The third-order valence-electron chi connectivity index (χ3n) is 4.03. The smallest absolute Gasteiger partial charge is 0.135 e. The summed E-state index contributed by atoms with van der Waals surface area (Å²) in [5, 5.41) is 1.18. The van der Waals surface area contributed by atoms with Gasteiger partial charge in [0.05, 0.1) is 5.52 Å². The summed E-state index contributed by atoms with van der Waals surface area (Å²) in [6, 6.07) is 12.4. The van der Waals surface area contributed by atoms with Gasteiger partial charge in [0.1, 0.15) is 5.78 Å². The molecular formula is C17H19NO. The summed E-state index contributed by atoms with van der Waals surface area (Å²) in [5.74, 6) is 1.55. The Morgan fingerprint density at radius 2 is 2.05 bits per heavy atom. The van der Waals surface area contributed by atoms with E-state index in [4.69, 9.17) is 4.98 Å². The molecule has 2 nitrogen and oxygen atoms in total. The SMILES string of the molecule is CC(C)C(=O)CC1CC1c1ccc2ccccc2n1. The maximum absolute atomic E-state index is 11.8. The van der Waals surface area contributed by atoms with Gasteiger partial charge in [-0.15, -0.1) is 0 Å². The van der Waals surface area contributed by atoms with Crippen molar-refractivity contribution in [2.45, 2.75) is 32.6 Å². The second-order valence-electron chi connectivity index (χ2n) is 5.86. The average molecular weight is 253 g/mol. The summed E-state index contributed by atoms with van der Waals surface area (Å²) in [6.45, 7) is 3.96. The van der Waals surface area contributed by atoms with Crippen LogP contribution in [0.3, 0.4) is 0 Å². The molecule has 2 aromatic rings. The average Bonchev–Trinajstić information content (AvgIpc) is 3.17. The van der Waals surface area contributed by atoms with Crippen LogP contribution >= 0.6 is 0 Å². The Hall–Kier alpha value is -1.70. The number of hydrogen-bond acceptors (Lipinski definition) is 2. The summed E-state index contributed by atoms with van der Waals surface area (Å²) in [6.07, 6.45) is 1.83. The lowest BCUT2D eigenvalue weighted by Crippen LogP contribution is -2.07. The van der Waals surface area contributed by atoms with Crippen LogP contribution in [0.15, 0.2) is 36.4 Å². The highest BCUT2D eigenvalue weighted by molar-refractivity contribution is 5.81. The van der Waals surface area contributed by atoms with Crippen LogP contribution in [0.1, 0.15) is 38.3 Å². The minimum atomic E-state index is 0.158. The van der Waals surface area contributed by atoms with Gasteiger partial charge >= 0.3 is 0 Å². The van der Waals surface area contributed by atoms with Crippen molar-refractivity contribution in [2.75, 3.05) is 0 Å². The minimum absolute atomic E-state index is 0.158. The summed E-state index contributed by atoms with van der Waals surface area (Å²) < 4.78 is 0. The van der Waals surface area contributed by atoms with Gasteiger partial charge in [0.2, 0.25) is 0 Å². The van der Waals surface area contributed by atoms with E-state index in [0.29, 0.717) is 17.6 Å². The normalized spacial score (nSPS) is 21.8. The van der Waals surface area contributed by atoms with E-state index in [-0.39, 0.29) is 5.92 Å². The second-order valence-corrected chi connectivity index (χ2v) is 5.86. The number of fused-ring (bicyclic) bond motifs is 1. The van der Waals surface area contributed by atoms with Crippen molar-refractivity contribution in [2.24, 2.45) is 11.8 Å². The number of carbonyl (C=O) groups is 1. The van der Waals surface area contributed by atoms with Gasteiger partial charge in [0.25, 0.3) is 0 Å². The van der Waals surface area contributed by atoms with E-state index in [9.17, 15) is 4.79 Å². The van der Waals surface area contributed by atoms with Crippen molar-refractivity contribution < 1.29 is 4.79 Å². The molecular weight excluding hydrogens is 234 g/mol. The quantitative estimate of drug-likeness (QED) is 0.825. The molecule has 0 bridgehead atoms. The standard InChI is InChI=1S/C17H19NO/c1-11(2)17(19)10-13-9-14(13)16-8-7-12-5-3-4-6-15(12)18-16/h3-8,11,13-14H,9-10H2,1-2H3. The van der Waals surface area contributed by atoms with E-state index in [0.717, 1.165) is 24.1 Å². The summed E-state index contributed by atoms with van der Waals surface area (Å²) >= 11 is 0. The first-order chi connectivity index (χ1) is 9.15. The molecule has 0 N–H and O–H groups in total. The Kier molecular flexibility index (Phi) is 3.09. The first-order valence-electron chi connectivity index (χ1n) is 7.03. The number of hydrogen-bond donors (Lipinski definition) is 0. The van der Waals surface area contributed by atoms with Crippen molar-refractivity contribution in [3.8, 4) is 0 Å². The minimum Gasteiger partial charge on any atom is -0.299 e. The van der Waals surface area contributed by atoms with Crippen molar-refractivity contribution in [3.05, 3.63) is 42.1 Å². The third-order valence-corrected chi connectivity index (χ3v) is 4.03. The summed E-state index contributed by atoms with van der Waals surface area (Å²) in [5.41, 5.74) is 2.21. The fourth-order valence-electron chi connectivity index (χ4n) is 2.62. The Balaban J connectivity index is 1.74. The van der Waals surface area contributed by atoms with Crippen molar-refractivity contribution in [1.82, 2.24) is 4.98 Å². The number of para-hydroxylation sites is 1. The predicted octanol–water partition coefficient (Wildman–Crippen LogP) is 3.95. The zero-order chi connectivity index (χ0) is 13.4. The Bertz CT molecular complexity index is 617. The van der Waals surface area contributed by atoms with Gasteiger partial charge in [-0.25, -0.2) is 0 Å². The van der Waals surface area contributed by atoms with Crippen LogP contribution in [0.4, 0.5) is 0 Å². The maximum atomic E-state index is 11.8. The Morgan fingerprint density at radius 3 is 2.84 bits per heavy atom. The highest BCUT2D eigenvalue weighted by Gasteiger charge is 2.40. The maximum Gasteiger partial charge on any atom is 0.135 e. The van der Waals surface area contributed by atoms with Gasteiger partial charge in [-0.1, -0.05) is 38.1 Å². The lowest BCUT2D eigenvalue weighted by Gasteiger charge is -2.04. The topological polar surface area (TPSA) is 30.0 Å². The van der Waals surface area contributed by atoms with Gasteiger partial charge in [0.15, 0.2) is 0 Å². The van der Waals surface area contributed by atoms with Gasteiger partial charge < -0.3 is 0 Å². The summed E-state index contributed by atoms with van der Waals surface area (Å²) in [4.78, 5) is 16.5. The van der Waals surface area contributed by atoms with Crippen LogP contribution in [0.5, 0.6) is 0 Å². The molecule has 1 fully saturated rings. The highest BCUT2D eigenvalue weighted by Crippen LogP contribution is 2.49. The number of Topliss-reactive ketones (excluding diaryl/α,β-unsaturated/α-hetero) is 1. The Morgan fingerprint density at radius 1 is 1.26 bits per heavy atom. The van der Waals surface area contributed by atoms with Gasteiger partial charge in [0, 0.05) is 29.3 Å². The van der Waals surface area contributed by atoms with Gasteiger partial charge in [-0.05, 0) is 24.5 Å².